The quantitative estimate of drug-likeness (QED) is 0.639. The van der Waals surface area contributed by atoms with Crippen LogP contribution in [0.1, 0.15) is 19.8 Å². The lowest BCUT2D eigenvalue weighted by Crippen LogP contribution is -2.45. The summed E-state index contributed by atoms with van der Waals surface area (Å²) in [4.78, 5) is 0. The second-order valence-electron chi connectivity index (χ2n) is 3.48. The molecule has 2 unspecified atom stereocenters. The van der Waals surface area contributed by atoms with Gasteiger partial charge in [-0.25, -0.2) is 0 Å². The summed E-state index contributed by atoms with van der Waals surface area (Å²) in [7, 11) is 1.69. The zero-order valence-electron chi connectivity index (χ0n) is 7.30. The van der Waals surface area contributed by atoms with Gasteiger partial charge in [-0.15, -0.1) is 0 Å². The van der Waals surface area contributed by atoms with E-state index < -0.39 is 0 Å². The van der Waals surface area contributed by atoms with E-state index in [-0.39, 0.29) is 11.6 Å². The van der Waals surface area contributed by atoms with E-state index >= 15 is 0 Å². The van der Waals surface area contributed by atoms with Gasteiger partial charge in [0.15, 0.2) is 0 Å². The zero-order valence-corrected chi connectivity index (χ0v) is 7.30. The lowest BCUT2D eigenvalue weighted by Gasteiger charge is -2.36. The monoisotopic (exact) mass is 159 g/mol. The second kappa shape index (κ2) is 3.52. The smallest absolute Gasteiger partial charge is 0.0901 e. The highest BCUT2D eigenvalue weighted by molar-refractivity contribution is 4.84. The topological polar surface area (TPSA) is 44.5 Å². The number of hydrogen-bond acceptors (Lipinski definition) is 3. The van der Waals surface area contributed by atoms with Gasteiger partial charge in [0.1, 0.15) is 0 Å². The molecule has 11 heavy (non-hydrogen) atoms. The summed E-state index contributed by atoms with van der Waals surface area (Å²) in [6.45, 7) is 3.46. The van der Waals surface area contributed by atoms with E-state index in [0.717, 1.165) is 19.4 Å². The van der Waals surface area contributed by atoms with Crippen molar-refractivity contribution in [3.8, 4) is 0 Å². The lowest BCUT2D eigenvalue weighted by atomic mass is 9.93. The van der Waals surface area contributed by atoms with Gasteiger partial charge in [0.2, 0.25) is 0 Å². The normalized spacial score (nSPS) is 39.0. The average Bonchev–Trinajstić information content (AvgIpc) is 1.86. The molecule has 66 valence electrons. The van der Waals surface area contributed by atoms with Gasteiger partial charge in [0.05, 0.1) is 12.2 Å². The van der Waals surface area contributed by atoms with Gasteiger partial charge in [-0.3, -0.25) is 0 Å². The number of ether oxygens (including phenoxy) is 2. The van der Waals surface area contributed by atoms with Crippen LogP contribution in [-0.2, 0) is 9.47 Å². The molecule has 2 atom stereocenters. The molecule has 1 aliphatic heterocycles. The molecule has 1 fully saturated rings. The SMILES string of the molecule is COCC1(C)CC(N)CCO1. The van der Waals surface area contributed by atoms with Gasteiger partial charge in [-0.05, 0) is 19.8 Å². The third-order valence-electron chi connectivity index (χ3n) is 2.08. The molecule has 0 spiro atoms. The van der Waals surface area contributed by atoms with Gasteiger partial charge in [-0.2, -0.15) is 0 Å². The summed E-state index contributed by atoms with van der Waals surface area (Å²) < 4.78 is 10.6. The molecule has 0 aromatic carbocycles. The Morgan fingerprint density at radius 2 is 2.45 bits per heavy atom. The Labute approximate surface area is 67.9 Å². The molecule has 1 rings (SSSR count). The molecule has 0 saturated carbocycles. The van der Waals surface area contributed by atoms with E-state index in [9.17, 15) is 0 Å². The van der Waals surface area contributed by atoms with Crippen molar-refractivity contribution in [1.29, 1.82) is 0 Å². The highest BCUT2D eigenvalue weighted by Crippen LogP contribution is 2.23. The Kier molecular flexibility index (Phi) is 2.87. The second-order valence-corrected chi connectivity index (χ2v) is 3.48. The van der Waals surface area contributed by atoms with Crippen molar-refractivity contribution in [3.63, 3.8) is 0 Å². The Balaban J connectivity index is 2.41. The Morgan fingerprint density at radius 1 is 1.73 bits per heavy atom. The van der Waals surface area contributed by atoms with Crippen LogP contribution in [0.5, 0.6) is 0 Å². The summed E-state index contributed by atoms with van der Waals surface area (Å²) >= 11 is 0. The Hall–Kier alpha value is -0.120. The predicted octanol–water partition coefficient (Wildman–Crippen LogP) is 0.529. The molecule has 0 aliphatic carbocycles. The van der Waals surface area contributed by atoms with E-state index in [4.69, 9.17) is 15.2 Å². The number of hydrogen-bond donors (Lipinski definition) is 1. The van der Waals surface area contributed by atoms with E-state index in [1.807, 2.05) is 0 Å². The standard InChI is InChI=1S/C8H17NO2/c1-8(6-10-2)5-7(9)3-4-11-8/h7H,3-6,9H2,1-2H3. The van der Waals surface area contributed by atoms with Crippen molar-refractivity contribution in [2.45, 2.75) is 31.4 Å². The molecule has 1 heterocycles. The molecule has 1 saturated heterocycles. The third kappa shape index (κ3) is 2.43. The number of rotatable bonds is 2. The van der Waals surface area contributed by atoms with E-state index in [1.54, 1.807) is 7.11 Å². The zero-order chi connectivity index (χ0) is 8.32. The maximum atomic E-state index is 5.81. The van der Waals surface area contributed by atoms with E-state index in [2.05, 4.69) is 6.92 Å². The highest BCUT2D eigenvalue weighted by atomic mass is 16.5. The van der Waals surface area contributed by atoms with E-state index in [0.29, 0.717) is 6.61 Å². The van der Waals surface area contributed by atoms with Gasteiger partial charge in [-0.1, -0.05) is 0 Å². The number of methoxy groups -OCH3 is 1. The summed E-state index contributed by atoms with van der Waals surface area (Å²) in [5, 5.41) is 0. The van der Waals surface area contributed by atoms with Crippen LogP contribution in [0.15, 0.2) is 0 Å². The van der Waals surface area contributed by atoms with Gasteiger partial charge in [0, 0.05) is 19.8 Å². The van der Waals surface area contributed by atoms with Gasteiger partial charge < -0.3 is 15.2 Å². The molecular formula is C8H17NO2. The van der Waals surface area contributed by atoms with Crippen LogP contribution >= 0.6 is 0 Å². The lowest BCUT2D eigenvalue weighted by molar-refractivity contribution is -0.108. The maximum Gasteiger partial charge on any atom is 0.0901 e. The fraction of sp³-hybridized carbons (Fsp3) is 1.00. The molecule has 1 aliphatic rings. The van der Waals surface area contributed by atoms with Crippen LogP contribution in [0, 0.1) is 0 Å². The fourth-order valence-electron chi connectivity index (χ4n) is 1.58. The molecule has 2 N–H and O–H groups in total. The summed E-state index contributed by atoms with van der Waals surface area (Å²) in [5.41, 5.74) is 5.66. The fourth-order valence-corrected chi connectivity index (χ4v) is 1.58. The third-order valence-corrected chi connectivity index (χ3v) is 2.08. The maximum absolute atomic E-state index is 5.81. The molecule has 0 aromatic rings. The minimum Gasteiger partial charge on any atom is -0.382 e. The molecular weight excluding hydrogens is 142 g/mol. The summed E-state index contributed by atoms with van der Waals surface area (Å²) in [6, 6.07) is 0.281. The first kappa shape index (κ1) is 8.97. The Bertz CT molecular complexity index is 125. The minimum absolute atomic E-state index is 0.146. The minimum atomic E-state index is -0.146. The van der Waals surface area contributed by atoms with Crippen molar-refractivity contribution in [2.75, 3.05) is 20.3 Å². The van der Waals surface area contributed by atoms with E-state index in [1.165, 1.54) is 0 Å². The largest absolute Gasteiger partial charge is 0.382 e. The first-order valence-electron chi connectivity index (χ1n) is 4.05. The summed E-state index contributed by atoms with van der Waals surface area (Å²) in [6.07, 6.45) is 1.88. The van der Waals surface area contributed by atoms with Crippen molar-refractivity contribution < 1.29 is 9.47 Å². The van der Waals surface area contributed by atoms with Crippen LogP contribution in [0.2, 0.25) is 0 Å². The molecule has 0 radical (unpaired) electrons. The predicted molar refractivity (Wildman–Crippen MR) is 43.4 cm³/mol. The van der Waals surface area contributed by atoms with Crippen molar-refractivity contribution in [3.05, 3.63) is 0 Å². The first-order chi connectivity index (χ1) is 5.16. The van der Waals surface area contributed by atoms with Crippen molar-refractivity contribution >= 4 is 0 Å². The van der Waals surface area contributed by atoms with Crippen molar-refractivity contribution in [2.24, 2.45) is 5.73 Å². The van der Waals surface area contributed by atoms with Crippen LogP contribution < -0.4 is 5.73 Å². The summed E-state index contributed by atoms with van der Waals surface area (Å²) in [5.74, 6) is 0. The molecule has 0 aromatic heterocycles. The van der Waals surface area contributed by atoms with Gasteiger partial charge in [0.25, 0.3) is 0 Å². The van der Waals surface area contributed by atoms with Crippen LogP contribution in [-0.4, -0.2) is 32.0 Å². The average molecular weight is 159 g/mol. The molecule has 0 amide bonds. The van der Waals surface area contributed by atoms with Crippen LogP contribution in [0.3, 0.4) is 0 Å². The first-order valence-corrected chi connectivity index (χ1v) is 4.05. The number of nitrogens with two attached hydrogens (primary N) is 1. The molecule has 3 heteroatoms. The highest BCUT2D eigenvalue weighted by Gasteiger charge is 2.31. The van der Waals surface area contributed by atoms with Crippen molar-refractivity contribution in [1.82, 2.24) is 0 Å². The van der Waals surface area contributed by atoms with Crippen LogP contribution in [0.4, 0.5) is 0 Å². The molecule has 3 nitrogen and oxygen atoms in total. The molecule has 0 bridgehead atoms. The van der Waals surface area contributed by atoms with Crippen LogP contribution in [0.25, 0.3) is 0 Å². The van der Waals surface area contributed by atoms with Gasteiger partial charge >= 0.3 is 0 Å². The Morgan fingerprint density at radius 3 is 3.00 bits per heavy atom.